The molecule has 1 aliphatic heterocycles. The molecular formula is C14H17N3O3S3. The number of hydrogen-bond acceptors (Lipinski definition) is 7. The summed E-state index contributed by atoms with van der Waals surface area (Å²) in [6.45, 7) is 1.83. The molecular weight excluding hydrogens is 354 g/mol. The number of nitrogens with zero attached hydrogens (tertiary/aromatic N) is 3. The van der Waals surface area contributed by atoms with Crippen LogP contribution in [0.4, 0.5) is 0 Å². The van der Waals surface area contributed by atoms with Crippen LogP contribution in [0.2, 0.25) is 0 Å². The summed E-state index contributed by atoms with van der Waals surface area (Å²) in [6, 6.07) is 1.70. The van der Waals surface area contributed by atoms with E-state index in [0.29, 0.717) is 6.42 Å². The largest absolute Gasteiger partial charge is 0.341 e. The molecule has 0 aliphatic carbocycles. The molecule has 1 fully saturated rings. The van der Waals surface area contributed by atoms with Crippen LogP contribution >= 0.6 is 23.1 Å². The number of carbonyl (C=O) groups excluding carboxylic acids is 1. The Bertz CT molecular complexity index is 834. The van der Waals surface area contributed by atoms with Crippen molar-refractivity contribution in [1.29, 1.82) is 0 Å². The summed E-state index contributed by atoms with van der Waals surface area (Å²) >= 11 is 2.94. The first-order chi connectivity index (χ1) is 10.9. The summed E-state index contributed by atoms with van der Waals surface area (Å²) in [4.78, 5) is 22.6. The van der Waals surface area contributed by atoms with Crippen LogP contribution in [0.15, 0.2) is 22.8 Å². The molecule has 0 aromatic carbocycles. The molecule has 0 spiro atoms. The van der Waals surface area contributed by atoms with E-state index in [1.54, 1.807) is 23.3 Å². The third kappa shape index (κ3) is 3.51. The van der Waals surface area contributed by atoms with E-state index in [2.05, 4.69) is 9.97 Å². The van der Waals surface area contributed by atoms with E-state index in [9.17, 15) is 13.2 Å². The quantitative estimate of drug-likeness (QED) is 0.602. The average molecular weight is 372 g/mol. The second kappa shape index (κ2) is 6.37. The van der Waals surface area contributed by atoms with Gasteiger partial charge in [-0.1, -0.05) is 11.8 Å². The molecule has 2 unspecified atom stereocenters. The van der Waals surface area contributed by atoms with Crippen molar-refractivity contribution in [3.05, 3.63) is 17.8 Å². The molecule has 1 amide bonds. The number of thioether (sulfide) groups is 1. The number of aromatic nitrogens is 2. The minimum Gasteiger partial charge on any atom is -0.341 e. The van der Waals surface area contributed by atoms with Gasteiger partial charge in [0.2, 0.25) is 5.91 Å². The van der Waals surface area contributed by atoms with Crippen LogP contribution in [-0.2, 0) is 14.6 Å². The highest BCUT2D eigenvalue weighted by Crippen LogP contribution is 2.32. The highest BCUT2D eigenvalue weighted by molar-refractivity contribution is 8.00. The maximum absolute atomic E-state index is 12.6. The lowest BCUT2D eigenvalue weighted by molar-refractivity contribution is -0.130. The van der Waals surface area contributed by atoms with Crippen LogP contribution in [0.1, 0.15) is 13.3 Å². The van der Waals surface area contributed by atoms with Crippen molar-refractivity contribution in [3.8, 4) is 0 Å². The first-order valence-corrected chi connectivity index (χ1v) is 10.8. The van der Waals surface area contributed by atoms with Crippen molar-refractivity contribution in [2.45, 2.75) is 29.7 Å². The molecule has 1 saturated heterocycles. The van der Waals surface area contributed by atoms with E-state index in [-0.39, 0.29) is 28.7 Å². The van der Waals surface area contributed by atoms with Crippen LogP contribution in [-0.4, -0.2) is 59.0 Å². The minimum absolute atomic E-state index is 0.0648. The first-order valence-electron chi connectivity index (χ1n) is 7.19. The minimum atomic E-state index is -3.00. The maximum Gasteiger partial charge on any atom is 0.235 e. The molecule has 0 N–H and O–H groups in total. The van der Waals surface area contributed by atoms with Gasteiger partial charge in [-0.25, -0.2) is 18.4 Å². The first kappa shape index (κ1) is 16.7. The Morgan fingerprint density at radius 3 is 2.96 bits per heavy atom. The summed E-state index contributed by atoms with van der Waals surface area (Å²) in [5, 5.41) is 2.41. The van der Waals surface area contributed by atoms with Gasteiger partial charge in [-0.05, 0) is 24.8 Å². The standard InChI is InChI=1S/C14H17N3O3S3/c1-9(14(18)17(2)10-4-6-23(19,20)7-10)22-13-12-11(3-5-21-12)15-8-16-13/h3,5,8-10H,4,6-7H2,1-2H3. The van der Waals surface area contributed by atoms with Gasteiger partial charge in [-0.3, -0.25) is 4.79 Å². The van der Waals surface area contributed by atoms with Crippen molar-refractivity contribution < 1.29 is 13.2 Å². The molecule has 0 radical (unpaired) electrons. The number of carbonyl (C=O) groups is 1. The smallest absolute Gasteiger partial charge is 0.235 e. The summed E-state index contributed by atoms with van der Waals surface area (Å²) in [7, 11) is -1.31. The molecule has 2 atom stereocenters. The van der Waals surface area contributed by atoms with Gasteiger partial charge in [0.15, 0.2) is 9.84 Å². The molecule has 0 bridgehead atoms. The van der Waals surface area contributed by atoms with Crippen LogP contribution in [0.25, 0.3) is 10.2 Å². The van der Waals surface area contributed by atoms with Gasteiger partial charge >= 0.3 is 0 Å². The van der Waals surface area contributed by atoms with Crippen molar-refractivity contribution in [3.63, 3.8) is 0 Å². The highest BCUT2D eigenvalue weighted by atomic mass is 32.2. The molecule has 0 saturated carbocycles. The third-order valence-corrected chi connectivity index (χ3v) is 7.83. The fourth-order valence-electron chi connectivity index (χ4n) is 2.62. The van der Waals surface area contributed by atoms with Gasteiger partial charge in [-0.2, -0.15) is 0 Å². The number of rotatable bonds is 4. The maximum atomic E-state index is 12.6. The molecule has 23 heavy (non-hydrogen) atoms. The van der Waals surface area contributed by atoms with Crippen LogP contribution in [0.3, 0.4) is 0 Å². The molecule has 2 aromatic rings. The second-order valence-electron chi connectivity index (χ2n) is 5.58. The van der Waals surface area contributed by atoms with Crippen LogP contribution in [0.5, 0.6) is 0 Å². The topological polar surface area (TPSA) is 80.2 Å². The molecule has 1 aliphatic rings. The highest BCUT2D eigenvalue weighted by Gasteiger charge is 2.34. The molecule has 6 nitrogen and oxygen atoms in total. The van der Waals surface area contributed by atoms with Gasteiger partial charge < -0.3 is 4.90 Å². The predicted molar refractivity (Wildman–Crippen MR) is 92.6 cm³/mol. The number of sulfone groups is 1. The zero-order valence-electron chi connectivity index (χ0n) is 12.8. The van der Waals surface area contributed by atoms with E-state index >= 15 is 0 Å². The Hall–Kier alpha value is -1.19. The van der Waals surface area contributed by atoms with Crippen molar-refractivity contribution in [2.24, 2.45) is 0 Å². The van der Waals surface area contributed by atoms with Crippen LogP contribution in [0, 0.1) is 0 Å². The van der Waals surface area contributed by atoms with E-state index in [1.165, 1.54) is 18.1 Å². The van der Waals surface area contributed by atoms with Gasteiger partial charge in [-0.15, -0.1) is 11.3 Å². The Morgan fingerprint density at radius 1 is 1.48 bits per heavy atom. The fourth-order valence-corrected chi connectivity index (χ4v) is 6.33. The van der Waals surface area contributed by atoms with Crippen molar-refractivity contribution in [2.75, 3.05) is 18.6 Å². The predicted octanol–water partition coefficient (Wildman–Crippen LogP) is 1.82. The van der Waals surface area contributed by atoms with Gasteiger partial charge in [0.1, 0.15) is 11.4 Å². The zero-order chi connectivity index (χ0) is 16.6. The lowest BCUT2D eigenvalue weighted by Crippen LogP contribution is -2.41. The van der Waals surface area contributed by atoms with Gasteiger partial charge in [0.25, 0.3) is 0 Å². The molecule has 9 heteroatoms. The fraction of sp³-hybridized carbons (Fsp3) is 0.500. The Labute approximate surface area is 143 Å². The zero-order valence-corrected chi connectivity index (χ0v) is 15.2. The van der Waals surface area contributed by atoms with E-state index in [0.717, 1.165) is 15.2 Å². The van der Waals surface area contributed by atoms with Crippen LogP contribution < -0.4 is 0 Å². The van der Waals surface area contributed by atoms with E-state index in [1.807, 2.05) is 18.4 Å². The van der Waals surface area contributed by atoms with E-state index in [4.69, 9.17) is 0 Å². The Morgan fingerprint density at radius 2 is 2.26 bits per heavy atom. The number of fused-ring (bicyclic) bond motifs is 1. The SMILES string of the molecule is CC(Sc1ncnc2ccsc12)C(=O)N(C)C1CCS(=O)(=O)C1. The number of hydrogen-bond donors (Lipinski definition) is 0. The number of amides is 1. The summed E-state index contributed by atoms with van der Waals surface area (Å²) in [5.41, 5.74) is 0.877. The average Bonchev–Trinajstić information content (AvgIpc) is 3.12. The second-order valence-corrected chi connectivity index (χ2v) is 10.1. The number of thiophene rings is 1. The monoisotopic (exact) mass is 371 g/mol. The van der Waals surface area contributed by atoms with Crippen molar-refractivity contribution in [1.82, 2.24) is 14.9 Å². The molecule has 3 rings (SSSR count). The van der Waals surface area contributed by atoms with Crippen molar-refractivity contribution >= 4 is 49.1 Å². The molecule has 2 aromatic heterocycles. The Kier molecular flexibility index (Phi) is 4.61. The van der Waals surface area contributed by atoms with Gasteiger partial charge in [0, 0.05) is 13.1 Å². The van der Waals surface area contributed by atoms with E-state index < -0.39 is 9.84 Å². The summed E-state index contributed by atoms with van der Waals surface area (Å²) < 4.78 is 24.1. The lowest BCUT2D eigenvalue weighted by atomic mass is 10.2. The molecule has 3 heterocycles. The Balaban J connectivity index is 1.71. The normalized spacial score (nSPS) is 21.4. The molecule has 124 valence electrons. The lowest BCUT2D eigenvalue weighted by Gasteiger charge is -2.26. The summed E-state index contributed by atoms with van der Waals surface area (Å²) in [5.74, 6) is 0.161. The summed E-state index contributed by atoms with van der Waals surface area (Å²) in [6.07, 6.45) is 2.02. The van der Waals surface area contributed by atoms with Gasteiger partial charge in [0.05, 0.1) is 27.0 Å². The third-order valence-electron chi connectivity index (χ3n) is 3.95.